The van der Waals surface area contributed by atoms with Gasteiger partial charge in [0.2, 0.25) is 0 Å². The highest BCUT2D eigenvalue weighted by Crippen LogP contribution is 2.38. The molecule has 0 aliphatic rings. The summed E-state index contributed by atoms with van der Waals surface area (Å²) in [6, 6.07) is 2.22. The van der Waals surface area contributed by atoms with Crippen LogP contribution in [0.25, 0.3) is 0 Å². The van der Waals surface area contributed by atoms with Crippen molar-refractivity contribution in [3.05, 3.63) is 18.7 Å². The van der Waals surface area contributed by atoms with Crippen LogP contribution in [0.2, 0.25) is 0 Å². The summed E-state index contributed by atoms with van der Waals surface area (Å²) in [7, 11) is 1.20. The molecule has 1 aromatic rings. The molecule has 4 unspecified atom stereocenters. The number of esters is 1. The van der Waals surface area contributed by atoms with Crippen molar-refractivity contribution in [2.45, 2.75) is 58.4 Å². The molecular weight excluding hydrogens is 378 g/mol. The van der Waals surface area contributed by atoms with Gasteiger partial charge < -0.3 is 19.5 Å². The van der Waals surface area contributed by atoms with Crippen LogP contribution >= 0.6 is 0 Å². The van der Waals surface area contributed by atoms with Gasteiger partial charge in [-0.15, -0.1) is 0 Å². The van der Waals surface area contributed by atoms with E-state index in [4.69, 9.17) is 4.74 Å². The number of aliphatic carboxylic acids is 2. The first-order valence-corrected chi connectivity index (χ1v) is 9.63. The number of nitriles is 1. The topological polar surface area (TPSA) is 143 Å². The Labute approximate surface area is 170 Å². The van der Waals surface area contributed by atoms with Gasteiger partial charge in [0.15, 0.2) is 0 Å². The lowest BCUT2D eigenvalue weighted by atomic mass is 9.72. The summed E-state index contributed by atoms with van der Waals surface area (Å²) in [6.07, 6.45) is 5.69. The second-order valence-corrected chi connectivity index (χ2v) is 7.30. The maximum atomic E-state index is 12.4. The van der Waals surface area contributed by atoms with Crippen molar-refractivity contribution in [2.75, 3.05) is 7.11 Å². The van der Waals surface area contributed by atoms with Gasteiger partial charge in [-0.1, -0.05) is 13.8 Å². The Hall–Kier alpha value is -2.89. The molecule has 29 heavy (non-hydrogen) atoms. The van der Waals surface area contributed by atoms with E-state index >= 15 is 0 Å². The van der Waals surface area contributed by atoms with Crippen molar-refractivity contribution in [1.29, 1.82) is 5.26 Å². The number of carbonyl (C=O) groups is 3. The average molecular weight is 407 g/mol. The van der Waals surface area contributed by atoms with Crippen LogP contribution in [0.4, 0.5) is 0 Å². The summed E-state index contributed by atoms with van der Waals surface area (Å²) >= 11 is 0. The molecule has 0 amide bonds. The highest BCUT2D eigenvalue weighted by molar-refractivity contribution is 5.82. The predicted molar refractivity (Wildman–Crippen MR) is 103 cm³/mol. The molecule has 0 saturated heterocycles. The van der Waals surface area contributed by atoms with Gasteiger partial charge in [0.1, 0.15) is 0 Å². The van der Waals surface area contributed by atoms with Crippen LogP contribution in [-0.2, 0) is 19.1 Å². The van der Waals surface area contributed by atoms with Crippen molar-refractivity contribution < 1.29 is 29.3 Å². The predicted octanol–water partition coefficient (Wildman–Crippen LogP) is 2.89. The van der Waals surface area contributed by atoms with E-state index in [0.717, 1.165) is 6.42 Å². The lowest BCUT2D eigenvalue weighted by Crippen LogP contribution is -2.37. The highest BCUT2D eigenvalue weighted by atomic mass is 16.5. The number of carboxylic acid groups (broad SMARTS) is 2. The number of ether oxygens (including phenoxy) is 1. The number of carbonyl (C=O) groups excluding carboxylic acids is 1. The smallest absolute Gasteiger partial charge is 0.310 e. The molecule has 4 atom stereocenters. The Kier molecular flexibility index (Phi) is 9.32. The van der Waals surface area contributed by atoms with Crippen molar-refractivity contribution >= 4 is 17.9 Å². The molecular formula is C20H29N3O6. The Morgan fingerprint density at radius 2 is 1.97 bits per heavy atom. The van der Waals surface area contributed by atoms with E-state index in [1.807, 2.05) is 11.5 Å². The third-order valence-corrected chi connectivity index (χ3v) is 5.52. The number of methoxy groups -OCH3 is 1. The van der Waals surface area contributed by atoms with Gasteiger partial charge in [-0.25, -0.2) is 4.98 Å². The van der Waals surface area contributed by atoms with Crippen molar-refractivity contribution in [1.82, 2.24) is 9.55 Å². The second kappa shape index (κ2) is 11.2. The van der Waals surface area contributed by atoms with Gasteiger partial charge in [0.05, 0.1) is 37.3 Å². The van der Waals surface area contributed by atoms with E-state index in [1.54, 1.807) is 25.6 Å². The van der Waals surface area contributed by atoms with Crippen molar-refractivity contribution in [3.8, 4) is 6.07 Å². The zero-order valence-electron chi connectivity index (χ0n) is 17.1. The maximum absolute atomic E-state index is 12.4. The molecule has 0 fully saturated rings. The number of imidazole rings is 1. The fraction of sp³-hybridized carbons (Fsp3) is 0.650. The van der Waals surface area contributed by atoms with Crippen LogP contribution in [0.3, 0.4) is 0 Å². The summed E-state index contributed by atoms with van der Waals surface area (Å²) in [6.45, 7) is 3.57. The molecule has 2 N–H and O–H groups in total. The molecule has 0 aromatic carbocycles. The van der Waals surface area contributed by atoms with Crippen LogP contribution in [0, 0.1) is 28.6 Å². The molecule has 0 aliphatic heterocycles. The molecule has 0 bridgehead atoms. The molecule has 0 radical (unpaired) electrons. The lowest BCUT2D eigenvalue weighted by molar-refractivity contribution is -0.160. The van der Waals surface area contributed by atoms with Crippen LogP contribution in [0.1, 0.15) is 58.4 Å². The number of hydrogen-bond acceptors (Lipinski definition) is 6. The van der Waals surface area contributed by atoms with Crippen LogP contribution in [0.15, 0.2) is 18.7 Å². The molecule has 9 nitrogen and oxygen atoms in total. The molecule has 1 aromatic heterocycles. The average Bonchev–Trinajstić information content (AvgIpc) is 3.22. The quantitative estimate of drug-likeness (QED) is 0.475. The van der Waals surface area contributed by atoms with Crippen molar-refractivity contribution in [2.24, 2.45) is 17.3 Å². The summed E-state index contributed by atoms with van der Waals surface area (Å²) in [5, 5.41) is 28.5. The minimum absolute atomic E-state index is 0.00914. The van der Waals surface area contributed by atoms with Gasteiger partial charge in [0, 0.05) is 24.4 Å². The molecule has 0 saturated carbocycles. The first kappa shape index (κ1) is 24.1. The van der Waals surface area contributed by atoms with E-state index in [0.29, 0.717) is 6.42 Å². The van der Waals surface area contributed by atoms with E-state index in [2.05, 4.69) is 11.1 Å². The fourth-order valence-electron chi connectivity index (χ4n) is 3.70. The summed E-state index contributed by atoms with van der Waals surface area (Å²) in [5.41, 5.74) is -1.60. The van der Waals surface area contributed by atoms with E-state index in [-0.39, 0.29) is 25.3 Å². The van der Waals surface area contributed by atoms with Gasteiger partial charge in [-0.3, -0.25) is 14.4 Å². The van der Waals surface area contributed by atoms with Crippen LogP contribution in [0.5, 0.6) is 0 Å². The number of hydrogen-bond donors (Lipinski definition) is 2. The van der Waals surface area contributed by atoms with E-state index in [9.17, 15) is 29.9 Å². The fourth-order valence-corrected chi connectivity index (χ4v) is 3.70. The normalized spacial score (nSPS) is 16.1. The Morgan fingerprint density at radius 1 is 1.28 bits per heavy atom. The minimum Gasteiger partial charge on any atom is -0.481 e. The van der Waals surface area contributed by atoms with E-state index in [1.165, 1.54) is 7.11 Å². The molecule has 0 aliphatic carbocycles. The van der Waals surface area contributed by atoms with Crippen molar-refractivity contribution in [3.63, 3.8) is 0 Å². The molecule has 0 spiro atoms. The van der Waals surface area contributed by atoms with Gasteiger partial charge >= 0.3 is 17.9 Å². The standard InChI is InChI=1S/C20H29N3O6/c1-4-16(23-7-6-22-13-23)9-14(12-21)8-15(18(26)29-3)10-20(5-2,19(27)28)11-17(24)25/h6-7,13-16H,4-5,8-11H2,1-3H3,(H,24,25)(H,27,28). The second-order valence-electron chi connectivity index (χ2n) is 7.30. The van der Waals surface area contributed by atoms with Gasteiger partial charge in [-0.2, -0.15) is 5.26 Å². The Bertz CT molecular complexity index is 727. The zero-order chi connectivity index (χ0) is 22.0. The van der Waals surface area contributed by atoms with E-state index < -0.39 is 41.6 Å². The Balaban J connectivity index is 3.06. The number of carboxylic acids is 2. The van der Waals surface area contributed by atoms with Gasteiger partial charge in [-0.05, 0) is 32.1 Å². The monoisotopic (exact) mass is 407 g/mol. The van der Waals surface area contributed by atoms with Crippen LogP contribution < -0.4 is 0 Å². The minimum atomic E-state index is -1.60. The summed E-state index contributed by atoms with van der Waals surface area (Å²) in [4.78, 5) is 39.5. The number of rotatable bonds is 13. The van der Waals surface area contributed by atoms with Gasteiger partial charge in [0.25, 0.3) is 0 Å². The largest absolute Gasteiger partial charge is 0.481 e. The third kappa shape index (κ3) is 6.59. The summed E-state index contributed by atoms with van der Waals surface area (Å²) in [5.74, 6) is -4.57. The lowest BCUT2D eigenvalue weighted by Gasteiger charge is -2.31. The first-order chi connectivity index (χ1) is 13.7. The molecule has 160 valence electrons. The highest BCUT2D eigenvalue weighted by Gasteiger charge is 2.43. The number of aromatic nitrogens is 2. The first-order valence-electron chi connectivity index (χ1n) is 9.63. The third-order valence-electron chi connectivity index (χ3n) is 5.52. The zero-order valence-corrected chi connectivity index (χ0v) is 17.1. The number of nitrogens with zero attached hydrogens (tertiary/aromatic N) is 3. The maximum Gasteiger partial charge on any atom is 0.310 e. The van der Waals surface area contributed by atoms with Crippen LogP contribution in [-0.4, -0.2) is 44.8 Å². The molecule has 1 heterocycles. The Morgan fingerprint density at radius 3 is 2.38 bits per heavy atom. The SMILES string of the molecule is CCC(CC(C#N)CC(CC(CC)(CC(=O)O)C(=O)O)C(=O)OC)n1ccnc1. The summed E-state index contributed by atoms with van der Waals surface area (Å²) < 4.78 is 6.73. The molecule has 1 rings (SSSR count). The molecule has 9 heteroatoms.